The van der Waals surface area contributed by atoms with Gasteiger partial charge in [0.25, 0.3) is 0 Å². The number of likely N-dealkylation sites (N-methyl/N-ethyl adjacent to an activating group) is 1. The first kappa shape index (κ1) is 16.7. The molecule has 6 nitrogen and oxygen atoms in total. The minimum absolute atomic E-state index is 0.0569. The van der Waals surface area contributed by atoms with Gasteiger partial charge in [0.05, 0.1) is 10.9 Å². The number of carbonyl (C=O) groups excluding carboxylic acids is 1. The van der Waals surface area contributed by atoms with Crippen LogP contribution in [-0.4, -0.2) is 56.1 Å². The number of rotatable bonds is 5. The monoisotopic (exact) mass is 318 g/mol. The van der Waals surface area contributed by atoms with Gasteiger partial charge in [-0.2, -0.15) is 0 Å². The second kappa shape index (κ2) is 8.08. The van der Waals surface area contributed by atoms with E-state index in [1.807, 2.05) is 0 Å². The van der Waals surface area contributed by atoms with Crippen LogP contribution < -0.4 is 10.6 Å². The molecule has 1 rings (SSSR count). The van der Waals surface area contributed by atoms with E-state index in [0.29, 0.717) is 10.3 Å². The number of amides is 1. The Morgan fingerprint density at radius 3 is 2.70 bits per heavy atom. The molecule has 0 saturated carbocycles. The molecule has 1 amide bonds. The van der Waals surface area contributed by atoms with E-state index in [-0.39, 0.29) is 19.0 Å². The molecule has 1 heterocycles. The second-order valence-corrected chi connectivity index (χ2v) is 6.00. The van der Waals surface area contributed by atoms with Crippen LogP contribution in [0.5, 0.6) is 0 Å². The Morgan fingerprint density at radius 1 is 1.50 bits per heavy atom. The van der Waals surface area contributed by atoms with Crippen LogP contribution in [-0.2, 0) is 4.79 Å². The summed E-state index contributed by atoms with van der Waals surface area (Å²) < 4.78 is 0.637. The summed E-state index contributed by atoms with van der Waals surface area (Å²) >= 11 is 7.15. The molecule has 1 unspecified atom stereocenters. The van der Waals surface area contributed by atoms with Gasteiger partial charge in [-0.05, 0) is 12.1 Å². The summed E-state index contributed by atoms with van der Waals surface area (Å²) in [5.74, 6) is 0.403. The number of aliphatic hydroxyl groups excluding tert-OH is 1. The van der Waals surface area contributed by atoms with Gasteiger partial charge >= 0.3 is 0 Å². The number of aliphatic hydroxyl groups is 1. The second-order valence-electron chi connectivity index (χ2n) is 4.25. The third-order valence-corrected chi connectivity index (χ3v) is 3.85. The smallest absolute Gasteiger partial charge is 0.241 e. The highest BCUT2D eigenvalue weighted by atomic mass is 35.5. The Balaban J connectivity index is 2.40. The first-order chi connectivity index (χ1) is 9.43. The van der Waals surface area contributed by atoms with Gasteiger partial charge < -0.3 is 20.6 Å². The number of halogens is 1. The van der Waals surface area contributed by atoms with Crippen molar-refractivity contribution >= 4 is 34.8 Å². The van der Waals surface area contributed by atoms with Gasteiger partial charge in [-0.15, -0.1) is 11.3 Å². The topological polar surface area (TPSA) is 77.0 Å². The summed E-state index contributed by atoms with van der Waals surface area (Å²) in [5, 5.41) is 15.8. The lowest BCUT2D eigenvalue weighted by atomic mass is 10.3. The zero-order valence-corrected chi connectivity index (χ0v) is 13.3. The Morgan fingerprint density at radius 2 is 2.20 bits per heavy atom. The maximum absolute atomic E-state index is 11.4. The first-order valence-electron chi connectivity index (χ1n) is 6.02. The van der Waals surface area contributed by atoms with Crippen molar-refractivity contribution in [2.75, 3.05) is 34.2 Å². The lowest BCUT2D eigenvalue weighted by Gasteiger charge is -2.16. The van der Waals surface area contributed by atoms with Gasteiger partial charge in [-0.3, -0.25) is 9.79 Å². The van der Waals surface area contributed by atoms with E-state index < -0.39 is 6.10 Å². The van der Waals surface area contributed by atoms with Crippen LogP contribution in [0.15, 0.2) is 17.1 Å². The van der Waals surface area contributed by atoms with Gasteiger partial charge in [0.1, 0.15) is 6.10 Å². The van der Waals surface area contributed by atoms with Crippen molar-refractivity contribution in [3.8, 4) is 0 Å². The maximum atomic E-state index is 11.4. The number of carbonyl (C=O) groups is 1. The average molecular weight is 319 g/mol. The zero-order valence-electron chi connectivity index (χ0n) is 11.7. The van der Waals surface area contributed by atoms with Gasteiger partial charge in [-0.1, -0.05) is 11.6 Å². The van der Waals surface area contributed by atoms with Crippen molar-refractivity contribution in [1.82, 2.24) is 15.5 Å². The molecule has 0 aromatic carbocycles. The fourth-order valence-corrected chi connectivity index (χ4v) is 2.39. The molecule has 0 aliphatic rings. The quantitative estimate of drug-likeness (QED) is 0.551. The van der Waals surface area contributed by atoms with E-state index in [1.54, 1.807) is 33.3 Å². The van der Waals surface area contributed by atoms with Gasteiger partial charge in [0, 0.05) is 32.6 Å². The van der Waals surface area contributed by atoms with Crippen molar-refractivity contribution in [3.05, 3.63) is 21.3 Å². The standard InChI is InChI=1S/C12H19ClN4O2S/c1-14-12(16-7-11(19)17(2)3)15-6-8(18)9-4-5-10(13)20-9/h4-5,8,18H,6-7H2,1-3H3,(H2,14,15,16). The number of hydrogen-bond acceptors (Lipinski definition) is 4. The van der Waals surface area contributed by atoms with Crippen LogP contribution in [0, 0.1) is 0 Å². The van der Waals surface area contributed by atoms with Crippen LogP contribution in [0.3, 0.4) is 0 Å². The Bertz CT molecular complexity index is 476. The largest absolute Gasteiger partial charge is 0.386 e. The Labute approximate surface area is 127 Å². The molecule has 8 heteroatoms. The summed E-state index contributed by atoms with van der Waals surface area (Å²) in [6.07, 6.45) is -0.671. The number of nitrogens with zero attached hydrogens (tertiary/aromatic N) is 2. The van der Waals surface area contributed by atoms with E-state index >= 15 is 0 Å². The molecule has 20 heavy (non-hydrogen) atoms. The van der Waals surface area contributed by atoms with E-state index in [0.717, 1.165) is 4.88 Å². The van der Waals surface area contributed by atoms with Gasteiger partial charge in [0.2, 0.25) is 5.91 Å². The van der Waals surface area contributed by atoms with Crippen LogP contribution in [0.1, 0.15) is 11.0 Å². The number of guanidine groups is 1. The molecule has 112 valence electrons. The number of hydrogen-bond donors (Lipinski definition) is 3. The van der Waals surface area contributed by atoms with Crippen molar-refractivity contribution < 1.29 is 9.90 Å². The van der Waals surface area contributed by atoms with E-state index in [9.17, 15) is 9.90 Å². The molecule has 0 saturated heterocycles. The van der Waals surface area contributed by atoms with E-state index in [4.69, 9.17) is 11.6 Å². The highest BCUT2D eigenvalue weighted by Gasteiger charge is 2.11. The number of thiophene rings is 1. The third kappa shape index (κ3) is 5.36. The fourth-order valence-electron chi connectivity index (χ4n) is 1.34. The van der Waals surface area contributed by atoms with Gasteiger partial charge in [-0.25, -0.2) is 0 Å². The fraction of sp³-hybridized carbons (Fsp3) is 0.500. The SMILES string of the molecule is CN=C(NCC(=O)N(C)C)NCC(O)c1ccc(Cl)s1. The highest BCUT2D eigenvalue weighted by Crippen LogP contribution is 2.26. The summed E-state index contributed by atoms with van der Waals surface area (Å²) in [5.41, 5.74) is 0. The van der Waals surface area contributed by atoms with E-state index in [1.165, 1.54) is 16.2 Å². The molecule has 1 atom stereocenters. The van der Waals surface area contributed by atoms with Crippen LogP contribution in [0.25, 0.3) is 0 Å². The highest BCUT2D eigenvalue weighted by molar-refractivity contribution is 7.16. The molecular weight excluding hydrogens is 300 g/mol. The lowest BCUT2D eigenvalue weighted by Crippen LogP contribution is -2.43. The maximum Gasteiger partial charge on any atom is 0.241 e. The molecule has 3 N–H and O–H groups in total. The van der Waals surface area contributed by atoms with Crippen LogP contribution in [0.4, 0.5) is 0 Å². The minimum Gasteiger partial charge on any atom is -0.386 e. The Kier molecular flexibility index (Phi) is 6.77. The summed E-state index contributed by atoms with van der Waals surface area (Å²) in [4.78, 5) is 17.7. The third-order valence-electron chi connectivity index (χ3n) is 2.51. The Hall–Kier alpha value is -1.31. The number of nitrogens with one attached hydrogen (secondary N) is 2. The number of aliphatic imine (C=N–C) groups is 1. The summed E-state index contributed by atoms with van der Waals surface area (Å²) in [6, 6.07) is 3.53. The first-order valence-corrected chi connectivity index (χ1v) is 7.21. The molecular formula is C12H19ClN4O2S. The molecule has 0 aliphatic heterocycles. The molecule has 1 aromatic heterocycles. The summed E-state index contributed by atoms with van der Waals surface area (Å²) in [7, 11) is 4.97. The normalized spacial score (nSPS) is 12.9. The minimum atomic E-state index is -0.671. The predicted octanol–water partition coefficient (Wildman–Crippen LogP) is 0.688. The summed E-state index contributed by atoms with van der Waals surface area (Å²) in [6.45, 7) is 0.431. The van der Waals surface area contributed by atoms with Gasteiger partial charge in [0.15, 0.2) is 5.96 Å². The van der Waals surface area contributed by atoms with Crippen LogP contribution in [0.2, 0.25) is 4.34 Å². The molecule has 0 spiro atoms. The molecule has 0 bridgehead atoms. The molecule has 0 fully saturated rings. The van der Waals surface area contributed by atoms with E-state index in [2.05, 4.69) is 15.6 Å². The van der Waals surface area contributed by atoms with Crippen LogP contribution >= 0.6 is 22.9 Å². The average Bonchev–Trinajstić information content (AvgIpc) is 2.84. The van der Waals surface area contributed by atoms with Crippen molar-refractivity contribution in [2.45, 2.75) is 6.10 Å². The van der Waals surface area contributed by atoms with Crippen molar-refractivity contribution in [3.63, 3.8) is 0 Å². The molecule has 0 radical (unpaired) electrons. The molecule has 0 aliphatic carbocycles. The zero-order chi connectivity index (χ0) is 15.1. The predicted molar refractivity (Wildman–Crippen MR) is 82.3 cm³/mol. The lowest BCUT2D eigenvalue weighted by molar-refractivity contribution is -0.127. The molecule has 1 aromatic rings. The van der Waals surface area contributed by atoms with Crippen molar-refractivity contribution in [2.24, 2.45) is 4.99 Å². The van der Waals surface area contributed by atoms with Crippen molar-refractivity contribution in [1.29, 1.82) is 0 Å².